The monoisotopic (exact) mass is 297 g/mol. The first-order valence-electron chi connectivity index (χ1n) is 6.03. The van der Waals surface area contributed by atoms with Crippen LogP contribution in [0.2, 0.25) is 0 Å². The number of nitrogens with zero attached hydrogens (tertiary/aromatic N) is 1. The standard InChI is InChI=1S/C12H16BrN3O/c13-8-5-15-6-9(14)11(8)16-10-3-4-17-12(10)7-1-2-7/h5-7,10,12H,1-4,14H2,(H,15,16). The minimum absolute atomic E-state index is 0.356. The summed E-state index contributed by atoms with van der Waals surface area (Å²) >= 11 is 3.48. The molecule has 2 aliphatic rings. The lowest BCUT2D eigenvalue weighted by molar-refractivity contribution is 0.0898. The van der Waals surface area contributed by atoms with Gasteiger partial charge in [-0.25, -0.2) is 0 Å². The Morgan fingerprint density at radius 2 is 2.18 bits per heavy atom. The van der Waals surface area contributed by atoms with Crippen LogP contribution in [-0.4, -0.2) is 23.7 Å². The molecule has 0 aromatic carbocycles. The van der Waals surface area contributed by atoms with Crippen LogP contribution < -0.4 is 11.1 Å². The molecule has 1 aliphatic heterocycles. The summed E-state index contributed by atoms with van der Waals surface area (Å²) in [5.74, 6) is 0.747. The van der Waals surface area contributed by atoms with Crippen molar-refractivity contribution in [1.82, 2.24) is 4.98 Å². The Labute approximate surface area is 109 Å². The fourth-order valence-electron chi connectivity index (χ4n) is 2.44. The molecular formula is C12H16BrN3O. The van der Waals surface area contributed by atoms with Crippen LogP contribution in [0, 0.1) is 5.92 Å². The molecular weight excluding hydrogens is 282 g/mol. The molecule has 1 saturated carbocycles. The molecule has 0 spiro atoms. The smallest absolute Gasteiger partial charge is 0.0804 e. The van der Waals surface area contributed by atoms with Crippen LogP contribution in [0.15, 0.2) is 16.9 Å². The summed E-state index contributed by atoms with van der Waals surface area (Å²) in [6, 6.07) is 0.378. The molecule has 0 bridgehead atoms. The predicted molar refractivity (Wildman–Crippen MR) is 70.8 cm³/mol. The van der Waals surface area contributed by atoms with Crippen molar-refractivity contribution >= 4 is 27.3 Å². The predicted octanol–water partition coefficient (Wildman–Crippen LogP) is 2.41. The Kier molecular flexibility index (Phi) is 2.96. The summed E-state index contributed by atoms with van der Waals surface area (Å²) in [5.41, 5.74) is 7.57. The van der Waals surface area contributed by atoms with Gasteiger partial charge in [0.15, 0.2) is 0 Å². The van der Waals surface area contributed by atoms with E-state index in [2.05, 4.69) is 26.2 Å². The minimum Gasteiger partial charge on any atom is -0.396 e. The first kappa shape index (κ1) is 11.3. The van der Waals surface area contributed by atoms with Gasteiger partial charge >= 0.3 is 0 Å². The van der Waals surface area contributed by atoms with E-state index in [-0.39, 0.29) is 0 Å². The molecule has 2 fully saturated rings. The number of ether oxygens (including phenoxy) is 1. The van der Waals surface area contributed by atoms with Gasteiger partial charge in [0.05, 0.1) is 34.2 Å². The molecule has 2 unspecified atom stereocenters. The number of halogens is 1. The van der Waals surface area contributed by atoms with E-state index in [1.807, 2.05) is 0 Å². The van der Waals surface area contributed by atoms with Crippen LogP contribution in [0.25, 0.3) is 0 Å². The fourth-order valence-corrected chi connectivity index (χ4v) is 2.90. The molecule has 1 aromatic rings. The third kappa shape index (κ3) is 2.26. The Morgan fingerprint density at radius 1 is 1.35 bits per heavy atom. The van der Waals surface area contributed by atoms with Crippen molar-refractivity contribution in [2.75, 3.05) is 17.7 Å². The average Bonchev–Trinajstić information content (AvgIpc) is 3.04. The van der Waals surface area contributed by atoms with Gasteiger partial charge in [-0.2, -0.15) is 0 Å². The SMILES string of the molecule is Nc1cncc(Br)c1NC1CCOC1C1CC1. The van der Waals surface area contributed by atoms with Crippen molar-refractivity contribution in [1.29, 1.82) is 0 Å². The van der Waals surface area contributed by atoms with E-state index in [1.165, 1.54) is 12.8 Å². The van der Waals surface area contributed by atoms with E-state index >= 15 is 0 Å². The number of nitrogens with two attached hydrogens (primary N) is 1. The highest BCUT2D eigenvalue weighted by Gasteiger charge is 2.40. The van der Waals surface area contributed by atoms with E-state index in [1.54, 1.807) is 12.4 Å². The number of pyridine rings is 1. The number of hydrogen-bond donors (Lipinski definition) is 2. The van der Waals surface area contributed by atoms with Crippen LogP contribution >= 0.6 is 15.9 Å². The maximum Gasteiger partial charge on any atom is 0.0804 e. The van der Waals surface area contributed by atoms with E-state index in [4.69, 9.17) is 10.5 Å². The molecule has 0 radical (unpaired) electrons. The zero-order valence-electron chi connectivity index (χ0n) is 9.53. The molecule has 3 rings (SSSR count). The normalized spacial score (nSPS) is 28.3. The van der Waals surface area contributed by atoms with Gasteiger partial charge < -0.3 is 15.8 Å². The van der Waals surface area contributed by atoms with Crippen LogP contribution in [0.1, 0.15) is 19.3 Å². The number of aromatic nitrogens is 1. The molecule has 2 atom stereocenters. The van der Waals surface area contributed by atoms with E-state index in [9.17, 15) is 0 Å². The number of nitrogens with one attached hydrogen (secondary N) is 1. The van der Waals surface area contributed by atoms with Gasteiger partial charge in [0.2, 0.25) is 0 Å². The second kappa shape index (κ2) is 4.46. The topological polar surface area (TPSA) is 60.2 Å². The molecule has 0 amide bonds. The minimum atomic E-state index is 0.356. The highest BCUT2D eigenvalue weighted by atomic mass is 79.9. The largest absolute Gasteiger partial charge is 0.396 e. The number of nitrogen functional groups attached to an aromatic ring is 1. The van der Waals surface area contributed by atoms with Crippen molar-refractivity contribution in [2.45, 2.75) is 31.4 Å². The van der Waals surface area contributed by atoms with Gasteiger partial charge in [-0.05, 0) is 41.1 Å². The molecule has 92 valence electrons. The third-order valence-electron chi connectivity index (χ3n) is 3.48. The summed E-state index contributed by atoms with van der Waals surface area (Å²) in [6.45, 7) is 0.849. The van der Waals surface area contributed by atoms with Gasteiger partial charge in [0.25, 0.3) is 0 Å². The molecule has 1 saturated heterocycles. The van der Waals surface area contributed by atoms with Crippen LogP contribution in [-0.2, 0) is 4.74 Å². The van der Waals surface area contributed by atoms with Crippen molar-refractivity contribution in [3.63, 3.8) is 0 Å². The Morgan fingerprint density at radius 3 is 2.88 bits per heavy atom. The van der Waals surface area contributed by atoms with Crippen LogP contribution in [0.3, 0.4) is 0 Å². The number of hydrogen-bond acceptors (Lipinski definition) is 4. The van der Waals surface area contributed by atoms with Crippen molar-refractivity contribution in [3.8, 4) is 0 Å². The highest BCUT2D eigenvalue weighted by Crippen LogP contribution is 2.40. The number of anilines is 2. The lowest BCUT2D eigenvalue weighted by atomic mass is 10.1. The fraction of sp³-hybridized carbons (Fsp3) is 0.583. The van der Waals surface area contributed by atoms with Gasteiger partial charge in [-0.1, -0.05) is 0 Å². The summed E-state index contributed by atoms with van der Waals surface area (Å²) in [4.78, 5) is 4.04. The molecule has 5 heteroatoms. The molecule has 1 aromatic heterocycles. The lowest BCUT2D eigenvalue weighted by Crippen LogP contribution is -2.31. The molecule has 3 N–H and O–H groups in total. The average molecular weight is 298 g/mol. The maximum absolute atomic E-state index is 5.94. The maximum atomic E-state index is 5.94. The van der Waals surface area contributed by atoms with E-state index in [0.29, 0.717) is 17.8 Å². The first-order chi connectivity index (χ1) is 8.25. The second-order valence-corrected chi connectivity index (χ2v) is 5.65. The Balaban J connectivity index is 1.77. The van der Waals surface area contributed by atoms with Crippen LogP contribution in [0.5, 0.6) is 0 Å². The lowest BCUT2D eigenvalue weighted by Gasteiger charge is -2.22. The van der Waals surface area contributed by atoms with Gasteiger partial charge in [0, 0.05) is 12.8 Å². The quantitative estimate of drug-likeness (QED) is 0.899. The zero-order valence-corrected chi connectivity index (χ0v) is 11.1. The number of rotatable bonds is 3. The summed E-state index contributed by atoms with van der Waals surface area (Å²) in [6.07, 6.45) is 7.45. The summed E-state index contributed by atoms with van der Waals surface area (Å²) in [5, 5.41) is 3.51. The van der Waals surface area contributed by atoms with Crippen molar-refractivity contribution in [2.24, 2.45) is 5.92 Å². The second-order valence-electron chi connectivity index (χ2n) is 4.80. The Bertz CT molecular complexity index is 402. The summed E-state index contributed by atoms with van der Waals surface area (Å²) < 4.78 is 6.72. The zero-order chi connectivity index (χ0) is 11.8. The highest BCUT2D eigenvalue weighted by molar-refractivity contribution is 9.10. The third-order valence-corrected chi connectivity index (χ3v) is 4.08. The molecule has 17 heavy (non-hydrogen) atoms. The van der Waals surface area contributed by atoms with Crippen LogP contribution in [0.4, 0.5) is 11.4 Å². The molecule has 1 aliphatic carbocycles. The molecule has 2 heterocycles. The van der Waals surface area contributed by atoms with Crippen molar-refractivity contribution < 1.29 is 4.74 Å². The van der Waals surface area contributed by atoms with Gasteiger partial charge in [-0.3, -0.25) is 4.98 Å². The Hall–Kier alpha value is -0.810. The van der Waals surface area contributed by atoms with E-state index < -0.39 is 0 Å². The molecule has 4 nitrogen and oxygen atoms in total. The van der Waals surface area contributed by atoms with Gasteiger partial charge in [0.1, 0.15) is 0 Å². The summed E-state index contributed by atoms with van der Waals surface area (Å²) in [7, 11) is 0. The first-order valence-corrected chi connectivity index (χ1v) is 6.82. The van der Waals surface area contributed by atoms with Crippen molar-refractivity contribution in [3.05, 3.63) is 16.9 Å². The van der Waals surface area contributed by atoms with Gasteiger partial charge in [-0.15, -0.1) is 0 Å². The van der Waals surface area contributed by atoms with E-state index in [0.717, 1.165) is 29.1 Å².